The number of imidazole rings is 1. The zero-order valence-electron chi connectivity index (χ0n) is 25.7. The minimum atomic E-state index is -0.123. The van der Waals surface area contributed by atoms with E-state index in [2.05, 4.69) is 50.5 Å². The molecular formula is C35H38N6O4. The van der Waals surface area contributed by atoms with Gasteiger partial charge in [0.25, 0.3) is 0 Å². The third-order valence-electron chi connectivity index (χ3n) is 8.09. The van der Waals surface area contributed by atoms with Gasteiger partial charge in [0.1, 0.15) is 18.7 Å². The molecule has 0 saturated heterocycles. The summed E-state index contributed by atoms with van der Waals surface area (Å²) >= 11 is 0. The Kier molecular flexibility index (Phi) is 9.33. The summed E-state index contributed by atoms with van der Waals surface area (Å²) in [5, 5.41) is 3.05. The zero-order chi connectivity index (χ0) is 31.2. The van der Waals surface area contributed by atoms with Gasteiger partial charge in [-0.05, 0) is 66.4 Å². The molecule has 232 valence electrons. The molecule has 5 aromatic rings. The number of carbonyl (C=O) groups is 1. The Labute approximate surface area is 262 Å². The maximum atomic E-state index is 13.3. The van der Waals surface area contributed by atoms with Crippen molar-refractivity contribution in [2.75, 3.05) is 38.2 Å². The van der Waals surface area contributed by atoms with Gasteiger partial charge in [0.05, 0.1) is 30.8 Å². The van der Waals surface area contributed by atoms with Gasteiger partial charge in [0.15, 0.2) is 0 Å². The highest BCUT2D eigenvalue weighted by molar-refractivity contribution is 5.94. The average molecular weight is 607 g/mol. The Morgan fingerprint density at radius 1 is 0.867 bits per heavy atom. The molecule has 3 heterocycles. The van der Waals surface area contributed by atoms with Crippen LogP contribution in [0.25, 0.3) is 22.2 Å². The normalized spacial score (nSPS) is 14.4. The molecule has 2 aromatic heterocycles. The van der Waals surface area contributed by atoms with Gasteiger partial charge >= 0.3 is 5.69 Å². The van der Waals surface area contributed by atoms with Crippen LogP contribution in [-0.2, 0) is 35.6 Å². The van der Waals surface area contributed by atoms with E-state index in [4.69, 9.17) is 9.47 Å². The molecule has 1 aliphatic heterocycles. The average Bonchev–Trinajstić information content (AvgIpc) is 3.32. The number of amides is 1. The van der Waals surface area contributed by atoms with Crippen LogP contribution in [0.2, 0.25) is 0 Å². The van der Waals surface area contributed by atoms with Crippen LogP contribution in [0.5, 0.6) is 5.75 Å². The molecule has 3 aromatic carbocycles. The zero-order valence-corrected chi connectivity index (χ0v) is 25.7. The molecule has 45 heavy (non-hydrogen) atoms. The van der Waals surface area contributed by atoms with Gasteiger partial charge in [-0.25, -0.2) is 14.8 Å². The molecule has 10 heteroatoms. The summed E-state index contributed by atoms with van der Waals surface area (Å²) in [6.07, 6.45) is 5.84. The van der Waals surface area contributed by atoms with Crippen molar-refractivity contribution in [2.24, 2.45) is 0 Å². The summed E-state index contributed by atoms with van der Waals surface area (Å²) in [5.74, 6) is 0.710. The van der Waals surface area contributed by atoms with E-state index in [1.54, 1.807) is 9.13 Å². The van der Waals surface area contributed by atoms with Crippen LogP contribution in [0.15, 0.2) is 84.2 Å². The Balaban J connectivity index is 1.20. The predicted molar refractivity (Wildman–Crippen MR) is 174 cm³/mol. The largest absolute Gasteiger partial charge is 0.491 e. The second-order valence-corrected chi connectivity index (χ2v) is 11.1. The first-order chi connectivity index (χ1) is 22.0. The lowest BCUT2D eigenvalue weighted by atomic mass is 9.98. The molecule has 0 fully saturated rings. The molecule has 1 aliphatic rings. The lowest BCUT2D eigenvalue weighted by Gasteiger charge is -2.23. The van der Waals surface area contributed by atoms with Crippen molar-refractivity contribution in [3.05, 3.63) is 107 Å². The Morgan fingerprint density at radius 2 is 1.67 bits per heavy atom. The molecule has 0 spiro atoms. The van der Waals surface area contributed by atoms with Crippen molar-refractivity contribution in [3.63, 3.8) is 0 Å². The van der Waals surface area contributed by atoms with E-state index in [0.717, 1.165) is 44.6 Å². The van der Waals surface area contributed by atoms with Crippen LogP contribution < -0.4 is 15.7 Å². The number of fused-ring (bicyclic) bond motifs is 4. The molecule has 1 amide bonds. The highest BCUT2D eigenvalue weighted by atomic mass is 16.5. The van der Waals surface area contributed by atoms with Crippen molar-refractivity contribution < 1.29 is 14.3 Å². The van der Waals surface area contributed by atoms with E-state index in [1.807, 2.05) is 56.6 Å². The van der Waals surface area contributed by atoms with Gasteiger partial charge in [0.2, 0.25) is 5.91 Å². The molecule has 6 rings (SSSR count). The van der Waals surface area contributed by atoms with Gasteiger partial charge in [-0.2, -0.15) is 0 Å². The SMILES string of the molecule is CCn1c(=O)n(CC)c2cc(NC(=O)CN3CCOCCOc4ccc(-c5cncnc5)cc4Cc4cccc(c4)C3)ccc21. The van der Waals surface area contributed by atoms with E-state index in [1.165, 1.54) is 6.33 Å². The van der Waals surface area contributed by atoms with Crippen molar-refractivity contribution in [3.8, 4) is 16.9 Å². The van der Waals surface area contributed by atoms with Crippen molar-refractivity contribution >= 4 is 22.6 Å². The molecular weight excluding hydrogens is 568 g/mol. The summed E-state index contributed by atoms with van der Waals surface area (Å²) in [6, 6.07) is 20.3. The maximum Gasteiger partial charge on any atom is 0.329 e. The van der Waals surface area contributed by atoms with Crippen LogP contribution >= 0.6 is 0 Å². The fourth-order valence-electron chi connectivity index (χ4n) is 5.93. The number of aromatic nitrogens is 4. The fraction of sp³-hybridized carbons (Fsp3) is 0.314. The number of rotatable bonds is 6. The van der Waals surface area contributed by atoms with Crippen LogP contribution in [0.4, 0.5) is 5.69 Å². The number of aryl methyl sites for hydroxylation is 2. The molecule has 10 nitrogen and oxygen atoms in total. The number of hydrogen-bond donors (Lipinski definition) is 1. The number of ether oxygens (including phenoxy) is 2. The monoisotopic (exact) mass is 606 g/mol. The highest BCUT2D eigenvalue weighted by Crippen LogP contribution is 2.29. The number of nitrogens with one attached hydrogen (secondary N) is 1. The topological polar surface area (TPSA) is 104 Å². The van der Waals surface area contributed by atoms with Gasteiger partial charge < -0.3 is 14.8 Å². The fourth-order valence-corrected chi connectivity index (χ4v) is 5.93. The van der Waals surface area contributed by atoms with Gasteiger partial charge in [0, 0.05) is 56.2 Å². The Bertz CT molecular complexity index is 1850. The summed E-state index contributed by atoms with van der Waals surface area (Å²) in [6.45, 7) is 7.78. The lowest BCUT2D eigenvalue weighted by molar-refractivity contribution is -0.117. The van der Waals surface area contributed by atoms with Gasteiger partial charge in [-0.1, -0.05) is 30.3 Å². The number of carbonyl (C=O) groups excluding carboxylic acids is 1. The predicted octanol–water partition coefficient (Wildman–Crippen LogP) is 4.74. The number of nitrogens with zero attached hydrogens (tertiary/aromatic N) is 5. The maximum absolute atomic E-state index is 13.3. The number of anilines is 1. The summed E-state index contributed by atoms with van der Waals surface area (Å²) < 4.78 is 15.6. The first kappa shape index (κ1) is 30.2. The Hall–Kier alpha value is -4.80. The quantitative estimate of drug-likeness (QED) is 0.298. The van der Waals surface area contributed by atoms with E-state index < -0.39 is 0 Å². The van der Waals surface area contributed by atoms with Crippen molar-refractivity contribution in [2.45, 2.75) is 39.9 Å². The van der Waals surface area contributed by atoms with E-state index in [0.29, 0.717) is 58.1 Å². The van der Waals surface area contributed by atoms with Crippen LogP contribution in [0, 0.1) is 0 Å². The van der Waals surface area contributed by atoms with E-state index in [-0.39, 0.29) is 18.1 Å². The molecule has 0 aliphatic carbocycles. The lowest BCUT2D eigenvalue weighted by Crippen LogP contribution is -2.35. The van der Waals surface area contributed by atoms with Gasteiger partial charge in [-0.3, -0.25) is 18.8 Å². The van der Waals surface area contributed by atoms with Crippen LogP contribution in [-0.4, -0.2) is 62.8 Å². The molecule has 2 bridgehead atoms. The Morgan fingerprint density at radius 3 is 2.49 bits per heavy atom. The first-order valence-corrected chi connectivity index (χ1v) is 15.4. The smallest absolute Gasteiger partial charge is 0.329 e. The summed E-state index contributed by atoms with van der Waals surface area (Å²) in [7, 11) is 0. The molecule has 0 unspecified atom stereocenters. The van der Waals surface area contributed by atoms with Crippen molar-refractivity contribution in [1.82, 2.24) is 24.0 Å². The van der Waals surface area contributed by atoms with Crippen LogP contribution in [0.3, 0.4) is 0 Å². The molecule has 0 atom stereocenters. The second-order valence-electron chi connectivity index (χ2n) is 11.1. The van der Waals surface area contributed by atoms with E-state index >= 15 is 0 Å². The number of hydrogen-bond acceptors (Lipinski definition) is 7. The standard InChI is InChI=1S/C35H38N6O4/c1-3-40-31-10-9-30(19-32(31)41(4-2)35(40)43)38-34(42)23-39-12-13-44-14-15-45-33-11-8-27(29-20-36-24-37-21-29)18-28(33)17-25-6-5-7-26(16-25)22-39/h5-11,16,18-21,24H,3-4,12-15,17,22-23H2,1-2H3,(H,38,42). The number of benzene rings is 3. The minimum Gasteiger partial charge on any atom is -0.491 e. The van der Waals surface area contributed by atoms with Crippen molar-refractivity contribution in [1.29, 1.82) is 0 Å². The third kappa shape index (κ3) is 6.97. The highest BCUT2D eigenvalue weighted by Gasteiger charge is 2.16. The molecule has 0 saturated carbocycles. The summed E-state index contributed by atoms with van der Waals surface area (Å²) in [5.41, 5.74) is 7.64. The van der Waals surface area contributed by atoms with Crippen LogP contribution in [0.1, 0.15) is 30.5 Å². The first-order valence-electron chi connectivity index (χ1n) is 15.4. The minimum absolute atomic E-state index is 0.0355. The summed E-state index contributed by atoms with van der Waals surface area (Å²) in [4.78, 5) is 36.5. The van der Waals surface area contributed by atoms with Gasteiger partial charge in [-0.15, -0.1) is 0 Å². The second kappa shape index (κ2) is 13.9. The van der Waals surface area contributed by atoms with E-state index in [9.17, 15) is 9.59 Å². The molecule has 1 N–H and O–H groups in total. The molecule has 0 radical (unpaired) electrons. The third-order valence-corrected chi connectivity index (χ3v) is 8.09.